The van der Waals surface area contributed by atoms with Gasteiger partial charge in [0.25, 0.3) is 5.91 Å². The standard InChI is InChI=1S/C35H34F4N6O3/c1-34(2,3)48-33(47)42-20-23-5-4-6-26(15-23)45-29(17-30(44-45)35(37,38)39)32(46)43-28-16-25(13-14-27(28)36)31(41-19-22-7-8-22)24-11-9-21(18-40)10-12-24/h4-6,9-17,22,31,41H,7-8,19-20H2,1-3H3,(H,42,47)(H,43,46). The minimum absolute atomic E-state index is 0.00906. The molecule has 3 aromatic carbocycles. The molecule has 5 rings (SSSR count). The highest BCUT2D eigenvalue weighted by molar-refractivity contribution is 6.03. The molecule has 4 aromatic rings. The van der Waals surface area contributed by atoms with Crippen LogP contribution in [0.5, 0.6) is 0 Å². The molecule has 1 fully saturated rings. The van der Waals surface area contributed by atoms with Crippen molar-refractivity contribution < 1.29 is 31.9 Å². The SMILES string of the molecule is CC(C)(C)OC(=O)NCc1cccc(-n2nc(C(F)(F)F)cc2C(=O)Nc2cc(C(NCC3CC3)c3ccc(C#N)cc3)ccc2F)c1. The van der Waals surface area contributed by atoms with Gasteiger partial charge in [-0.05, 0) is 99.2 Å². The van der Waals surface area contributed by atoms with E-state index in [2.05, 4.69) is 27.1 Å². The fraction of sp³-hybridized carbons (Fsp3) is 0.314. The van der Waals surface area contributed by atoms with Crippen molar-refractivity contribution in [3.63, 3.8) is 0 Å². The lowest BCUT2D eigenvalue weighted by Gasteiger charge is -2.21. The summed E-state index contributed by atoms with van der Waals surface area (Å²) < 4.78 is 62.6. The van der Waals surface area contributed by atoms with Crippen molar-refractivity contribution >= 4 is 17.7 Å². The van der Waals surface area contributed by atoms with Crippen LogP contribution in [0.15, 0.2) is 72.8 Å². The van der Waals surface area contributed by atoms with Gasteiger partial charge < -0.3 is 20.7 Å². The maximum atomic E-state index is 15.1. The fourth-order valence-electron chi connectivity index (χ4n) is 4.95. The van der Waals surface area contributed by atoms with E-state index >= 15 is 4.39 Å². The average Bonchev–Trinajstić information content (AvgIpc) is 3.74. The number of nitrogens with one attached hydrogen (secondary N) is 3. The van der Waals surface area contributed by atoms with E-state index in [1.54, 1.807) is 63.2 Å². The average molecular weight is 663 g/mol. The second kappa shape index (κ2) is 13.9. The number of hydrogen-bond donors (Lipinski definition) is 3. The van der Waals surface area contributed by atoms with Gasteiger partial charge in [-0.15, -0.1) is 0 Å². The first-order valence-electron chi connectivity index (χ1n) is 15.3. The van der Waals surface area contributed by atoms with Gasteiger partial charge in [-0.2, -0.15) is 23.5 Å². The van der Waals surface area contributed by atoms with Gasteiger partial charge in [-0.3, -0.25) is 4.79 Å². The summed E-state index contributed by atoms with van der Waals surface area (Å²) in [4.78, 5) is 25.7. The number of anilines is 1. The Hall–Kier alpha value is -5.22. The zero-order valence-electron chi connectivity index (χ0n) is 26.5. The van der Waals surface area contributed by atoms with E-state index in [1.807, 2.05) is 0 Å². The topological polar surface area (TPSA) is 121 Å². The Morgan fingerprint density at radius 1 is 1.02 bits per heavy atom. The highest BCUT2D eigenvalue weighted by Gasteiger charge is 2.36. The molecule has 1 aliphatic rings. The van der Waals surface area contributed by atoms with Crippen molar-refractivity contribution in [2.75, 3.05) is 11.9 Å². The molecule has 0 saturated heterocycles. The van der Waals surface area contributed by atoms with Crippen molar-refractivity contribution in [3.8, 4) is 11.8 Å². The van der Waals surface area contributed by atoms with Crippen LogP contribution in [0, 0.1) is 23.1 Å². The number of hydrogen-bond acceptors (Lipinski definition) is 6. The first-order chi connectivity index (χ1) is 22.7. The van der Waals surface area contributed by atoms with Crippen LogP contribution in [0.3, 0.4) is 0 Å². The minimum Gasteiger partial charge on any atom is -0.444 e. The van der Waals surface area contributed by atoms with Crippen LogP contribution < -0.4 is 16.0 Å². The molecule has 9 nitrogen and oxygen atoms in total. The van der Waals surface area contributed by atoms with Crippen molar-refractivity contribution in [2.24, 2.45) is 5.92 Å². The van der Waals surface area contributed by atoms with Gasteiger partial charge in [0, 0.05) is 12.6 Å². The number of alkyl carbamates (subject to hydrolysis) is 1. The Balaban J connectivity index is 1.43. The summed E-state index contributed by atoms with van der Waals surface area (Å²) in [6.07, 6.45) is -3.37. The van der Waals surface area contributed by atoms with Crippen molar-refractivity contribution in [2.45, 2.75) is 58.0 Å². The maximum Gasteiger partial charge on any atom is 0.435 e. The molecule has 0 spiro atoms. The number of carbonyl (C=O) groups is 2. The molecule has 0 radical (unpaired) electrons. The molecular weight excluding hydrogens is 628 g/mol. The number of nitrogens with zero attached hydrogens (tertiary/aromatic N) is 3. The first kappa shape index (κ1) is 34.1. The Kier molecular flexibility index (Phi) is 9.86. The monoisotopic (exact) mass is 662 g/mol. The third-order valence-corrected chi connectivity index (χ3v) is 7.48. The summed E-state index contributed by atoms with van der Waals surface area (Å²) in [6, 6.07) is 19.5. The van der Waals surface area contributed by atoms with Gasteiger partial charge in [0.2, 0.25) is 0 Å². The predicted molar refractivity (Wildman–Crippen MR) is 170 cm³/mol. The number of benzene rings is 3. The highest BCUT2D eigenvalue weighted by Crippen LogP contribution is 2.33. The van der Waals surface area contributed by atoms with Gasteiger partial charge in [0.05, 0.1) is 29.0 Å². The zero-order chi connectivity index (χ0) is 34.6. The number of nitriles is 1. The van der Waals surface area contributed by atoms with Crippen LogP contribution in [0.25, 0.3) is 5.69 Å². The quantitative estimate of drug-likeness (QED) is 0.154. The largest absolute Gasteiger partial charge is 0.444 e. The summed E-state index contributed by atoms with van der Waals surface area (Å²) in [7, 11) is 0. The summed E-state index contributed by atoms with van der Waals surface area (Å²) in [6.45, 7) is 5.81. The van der Waals surface area contributed by atoms with E-state index in [9.17, 15) is 28.0 Å². The van der Waals surface area contributed by atoms with Crippen LogP contribution in [0.1, 0.15) is 78.1 Å². The number of carbonyl (C=O) groups excluding carboxylic acids is 2. The summed E-state index contributed by atoms with van der Waals surface area (Å²) >= 11 is 0. The predicted octanol–water partition coefficient (Wildman–Crippen LogP) is 7.27. The number of amides is 2. The molecule has 1 atom stereocenters. The fourth-order valence-corrected chi connectivity index (χ4v) is 4.95. The van der Waals surface area contributed by atoms with Crippen LogP contribution in [0.4, 0.5) is 28.0 Å². The van der Waals surface area contributed by atoms with Crippen LogP contribution in [-0.4, -0.2) is 33.9 Å². The van der Waals surface area contributed by atoms with E-state index in [0.29, 0.717) is 35.2 Å². The lowest BCUT2D eigenvalue weighted by Crippen LogP contribution is -2.32. The van der Waals surface area contributed by atoms with Gasteiger partial charge in [0.1, 0.15) is 17.1 Å². The van der Waals surface area contributed by atoms with Gasteiger partial charge in [-0.25, -0.2) is 13.9 Å². The molecular formula is C35H34F4N6O3. The third kappa shape index (κ3) is 8.77. The van der Waals surface area contributed by atoms with Crippen LogP contribution in [-0.2, 0) is 17.5 Å². The van der Waals surface area contributed by atoms with Crippen LogP contribution in [0.2, 0.25) is 0 Å². The molecule has 13 heteroatoms. The van der Waals surface area contributed by atoms with E-state index in [1.165, 1.54) is 24.3 Å². The number of halogens is 4. The second-order valence-corrected chi connectivity index (χ2v) is 12.6. The molecule has 1 aromatic heterocycles. The molecule has 48 heavy (non-hydrogen) atoms. The van der Waals surface area contributed by atoms with Crippen molar-refractivity contribution in [3.05, 3.63) is 112 Å². The summed E-state index contributed by atoms with van der Waals surface area (Å²) in [5.41, 5.74) is -0.261. The maximum absolute atomic E-state index is 15.1. The molecule has 250 valence electrons. The number of aromatic nitrogens is 2. The Morgan fingerprint density at radius 2 is 1.73 bits per heavy atom. The van der Waals surface area contributed by atoms with Crippen molar-refractivity contribution in [1.82, 2.24) is 20.4 Å². The van der Waals surface area contributed by atoms with E-state index in [0.717, 1.165) is 23.1 Å². The molecule has 1 unspecified atom stereocenters. The van der Waals surface area contributed by atoms with Crippen molar-refractivity contribution in [1.29, 1.82) is 5.26 Å². The smallest absolute Gasteiger partial charge is 0.435 e. The van der Waals surface area contributed by atoms with Gasteiger partial charge in [0.15, 0.2) is 5.69 Å². The Bertz CT molecular complexity index is 1840. The normalized spacial score (nSPS) is 13.8. The van der Waals surface area contributed by atoms with Crippen LogP contribution >= 0.6 is 0 Å². The molecule has 1 aliphatic carbocycles. The Morgan fingerprint density at radius 3 is 2.38 bits per heavy atom. The number of rotatable bonds is 10. The third-order valence-electron chi connectivity index (χ3n) is 7.48. The molecule has 0 aliphatic heterocycles. The minimum atomic E-state index is -4.87. The molecule has 1 heterocycles. The lowest BCUT2D eigenvalue weighted by molar-refractivity contribution is -0.141. The van der Waals surface area contributed by atoms with E-state index in [-0.39, 0.29) is 17.9 Å². The summed E-state index contributed by atoms with van der Waals surface area (Å²) in [5, 5.41) is 21.4. The summed E-state index contributed by atoms with van der Waals surface area (Å²) in [5.74, 6) is -1.29. The number of alkyl halides is 3. The molecule has 1 saturated carbocycles. The second-order valence-electron chi connectivity index (χ2n) is 12.6. The molecule has 2 amide bonds. The Labute approximate surface area is 274 Å². The first-order valence-corrected chi connectivity index (χ1v) is 15.3. The van der Waals surface area contributed by atoms with Gasteiger partial charge >= 0.3 is 12.3 Å². The highest BCUT2D eigenvalue weighted by atomic mass is 19.4. The molecule has 3 N–H and O–H groups in total. The van der Waals surface area contributed by atoms with E-state index < -0.39 is 47.0 Å². The van der Waals surface area contributed by atoms with Gasteiger partial charge in [-0.1, -0.05) is 30.3 Å². The van der Waals surface area contributed by atoms with E-state index in [4.69, 9.17) is 4.74 Å². The molecule has 0 bridgehead atoms. The zero-order valence-corrected chi connectivity index (χ0v) is 26.5. The number of ether oxygens (including phenoxy) is 1. The lowest BCUT2D eigenvalue weighted by atomic mass is 9.97.